The van der Waals surface area contributed by atoms with Crippen molar-refractivity contribution in [2.45, 2.75) is 32.0 Å². The van der Waals surface area contributed by atoms with Gasteiger partial charge in [0.2, 0.25) is 5.91 Å². The minimum absolute atomic E-state index is 0.158. The zero-order valence-electron chi connectivity index (χ0n) is 16.6. The van der Waals surface area contributed by atoms with Crippen molar-refractivity contribution < 1.29 is 9.59 Å². The topological polar surface area (TPSA) is 102 Å². The van der Waals surface area contributed by atoms with Crippen LogP contribution < -0.4 is 10.6 Å². The van der Waals surface area contributed by atoms with Gasteiger partial charge in [0.1, 0.15) is 0 Å². The fraction of sp³-hybridized carbons (Fsp3) is 0.316. The van der Waals surface area contributed by atoms with Crippen LogP contribution in [0.3, 0.4) is 0 Å². The predicted octanol–water partition coefficient (Wildman–Crippen LogP) is 3.11. The van der Waals surface area contributed by atoms with Crippen LogP contribution in [0.25, 0.3) is 0 Å². The molecule has 0 bridgehead atoms. The number of thiazole rings is 1. The normalized spacial score (nSPS) is 11.9. The van der Waals surface area contributed by atoms with Crippen molar-refractivity contribution in [1.82, 2.24) is 25.1 Å². The number of carbonyl (C=O) groups is 2. The van der Waals surface area contributed by atoms with Crippen LogP contribution in [0.5, 0.6) is 0 Å². The van der Waals surface area contributed by atoms with Crippen molar-refractivity contribution in [3.63, 3.8) is 0 Å². The summed E-state index contributed by atoms with van der Waals surface area (Å²) in [5.41, 5.74) is 1.62. The van der Waals surface area contributed by atoms with Gasteiger partial charge < -0.3 is 15.2 Å². The van der Waals surface area contributed by atoms with E-state index in [1.165, 1.54) is 23.1 Å². The number of aromatic nitrogens is 4. The van der Waals surface area contributed by atoms with Crippen LogP contribution in [0, 0.1) is 13.8 Å². The van der Waals surface area contributed by atoms with E-state index in [1.807, 2.05) is 46.0 Å². The second-order valence-electron chi connectivity index (χ2n) is 6.58. The first-order valence-electron chi connectivity index (χ1n) is 8.95. The van der Waals surface area contributed by atoms with E-state index in [0.29, 0.717) is 21.7 Å². The van der Waals surface area contributed by atoms with Crippen LogP contribution >= 0.6 is 23.1 Å². The van der Waals surface area contributed by atoms with Gasteiger partial charge in [0.15, 0.2) is 16.1 Å². The first-order valence-corrected chi connectivity index (χ1v) is 10.8. The van der Waals surface area contributed by atoms with Crippen molar-refractivity contribution in [2.24, 2.45) is 7.05 Å². The standard InChI is InChI=1S/C19H22N6O2S2/c1-11-6-5-7-14(8-11)17(27)21-13(3)16-23-24-19(25(16)4)28-10-15(26)22-18-20-9-12(2)29-18/h5-9,13H,10H2,1-4H3,(H,21,27)(H,20,22,26). The van der Waals surface area contributed by atoms with E-state index >= 15 is 0 Å². The number of aryl methyl sites for hydroxylation is 2. The monoisotopic (exact) mass is 430 g/mol. The number of nitrogens with one attached hydrogen (secondary N) is 2. The Bertz CT molecular complexity index is 1030. The minimum Gasteiger partial charge on any atom is -0.342 e. The number of amides is 2. The number of hydrogen-bond donors (Lipinski definition) is 2. The van der Waals surface area contributed by atoms with E-state index in [1.54, 1.807) is 16.8 Å². The fourth-order valence-electron chi connectivity index (χ4n) is 2.66. The third kappa shape index (κ3) is 5.42. The van der Waals surface area contributed by atoms with Gasteiger partial charge in [0, 0.05) is 23.7 Å². The van der Waals surface area contributed by atoms with Crippen molar-refractivity contribution in [3.8, 4) is 0 Å². The Morgan fingerprint density at radius 2 is 2.07 bits per heavy atom. The summed E-state index contributed by atoms with van der Waals surface area (Å²) in [6.07, 6.45) is 1.72. The van der Waals surface area contributed by atoms with Crippen molar-refractivity contribution in [1.29, 1.82) is 0 Å². The Kier molecular flexibility index (Phi) is 6.65. The summed E-state index contributed by atoms with van der Waals surface area (Å²) in [5.74, 6) is 0.477. The molecule has 1 unspecified atom stereocenters. The highest BCUT2D eigenvalue weighted by Gasteiger charge is 2.19. The lowest BCUT2D eigenvalue weighted by atomic mass is 10.1. The molecule has 1 aromatic carbocycles. The van der Waals surface area contributed by atoms with Crippen LogP contribution in [-0.2, 0) is 11.8 Å². The Labute approximate surface area is 177 Å². The maximum atomic E-state index is 12.5. The van der Waals surface area contributed by atoms with E-state index in [2.05, 4.69) is 25.8 Å². The second-order valence-corrected chi connectivity index (χ2v) is 8.75. The smallest absolute Gasteiger partial charge is 0.251 e. The maximum absolute atomic E-state index is 12.5. The lowest BCUT2D eigenvalue weighted by Gasteiger charge is -2.14. The van der Waals surface area contributed by atoms with Gasteiger partial charge in [-0.3, -0.25) is 9.59 Å². The molecule has 3 aromatic rings. The molecular formula is C19H22N6O2S2. The summed E-state index contributed by atoms with van der Waals surface area (Å²) < 4.78 is 1.78. The molecule has 2 aromatic heterocycles. The van der Waals surface area contributed by atoms with E-state index in [0.717, 1.165) is 10.4 Å². The van der Waals surface area contributed by atoms with Crippen molar-refractivity contribution in [2.75, 3.05) is 11.1 Å². The average Bonchev–Trinajstić information content (AvgIpc) is 3.25. The Morgan fingerprint density at radius 1 is 1.28 bits per heavy atom. The molecule has 0 fully saturated rings. The molecule has 0 spiro atoms. The van der Waals surface area contributed by atoms with E-state index in [9.17, 15) is 9.59 Å². The SMILES string of the molecule is Cc1cccc(C(=O)NC(C)c2nnc(SCC(=O)Nc3ncc(C)s3)n2C)c1. The van der Waals surface area contributed by atoms with Gasteiger partial charge in [-0.2, -0.15) is 0 Å². The van der Waals surface area contributed by atoms with Crippen LogP contribution in [-0.4, -0.2) is 37.3 Å². The van der Waals surface area contributed by atoms with Gasteiger partial charge in [-0.05, 0) is 32.9 Å². The molecule has 152 valence electrons. The summed E-state index contributed by atoms with van der Waals surface area (Å²) in [6, 6.07) is 7.07. The molecule has 3 rings (SSSR count). The van der Waals surface area contributed by atoms with Gasteiger partial charge in [0.05, 0.1) is 11.8 Å². The quantitative estimate of drug-likeness (QED) is 0.559. The average molecular weight is 431 g/mol. The zero-order valence-corrected chi connectivity index (χ0v) is 18.2. The third-order valence-corrected chi connectivity index (χ3v) is 5.93. The number of carbonyl (C=O) groups excluding carboxylic acids is 2. The Morgan fingerprint density at radius 3 is 2.76 bits per heavy atom. The molecule has 2 amide bonds. The molecule has 0 saturated heterocycles. The van der Waals surface area contributed by atoms with Crippen LogP contribution in [0.15, 0.2) is 35.6 Å². The van der Waals surface area contributed by atoms with Gasteiger partial charge in [-0.25, -0.2) is 4.98 Å². The molecule has 0 radical (unpaired) electrons. The molecule has 0 saturated carbocycles. The summed E-state index contributed by atoms with van der Waals surface area (Å²) >= 11 is 2.71. The third-order valence-electron chi connectivity index (χ3n) is 4.08. The minimum atomic E-state index is -0.331. The van der Waals surface area contributed by atoms with Crippen LogP contribution in [0.1, 0.15) is 39.6 Å². The summed E-state index contributed by atoms with van der Waals surface area (Å²) in [4.78, 5) is 29.7. The molecular weight excluding hydrogens is 408 g/mol. The number of rotatable bonds is 7. The van der Waals surface area contributed by atoms with Crippen molar-refractivity contribution >= 4 is 40.0 Å². The lowest BCUT2D eigenvalue weighted by Crippen LogP contribution is -2.28. The highest BCUT2D eigenvalue weighted by molar-refractivity contribution is 7.99. The van der Waals surface area contributed by atoms with Gasteiger partial charge >= 0.3 is 0 Å². The van der Waals surface area contributed by atoms with E-state index < -0.39 is 0 Å². The van der Waals surface area contributed by atoms with Gasteiger partial charge in [-0.15, -0.1) is 21.5 Å². The van der Waals surface area contributed by atoms with Crippen LogP contribution in [0.2, 0.25) is 0 Å². The van der Waals surface area contributed by atoms with Crippen molar-refractivity contribution in [3.05, 3.63) is 52.3 Å². The number of anilines is 1. The molecule has 2 N–H and O–H groups in total. The maximum Gasteiger partial charge on any atom is 0.251 e. The summed E-state index contributed by atoms with van der Waals surface area (Å²) in [7, 11) is 1.81. The predicted molar refractivity (Wildman–Crippen MR) is 114 cm³/mol. The highest BCUT2D eigenvalue weighted by atomic mass is 32.2. The zero-order chi connectivity index (χ0) is 21.0. The fourth-order valence-corrected chi connectivity index (χ4v) is 4.06. The Balaban J connectivity index is 1.58. The molecule has 8 nitrogen and oxygen atoms in total. The second kappa shape index (κ2) is 9.19. The molecule has 1 atom stereocenters. The molecule has 10 heteroatoms. The first kappa shape index (κ1) is 21.0. The van der Waals surface area contributed by atoms with Gasteiger partial charge in [-0.1, -0.05) is 29.5 Å². The lowest BCUT2D eigenvalue weighted by molar-refractivity contribution is -0.113. The van der Waals surface area contributed by atoms with Crippen LogP contribution in [0.4, 0.5) is 5.13 Å². The van der Waals surface area contributed by atoms with Gasteiger partial charge in [0.25, 0.3) is 5.91 Å². The molecule has 0 aliphatic rings. The molecule has 2 heterocycles. The summed E-state index contributed by atoms with van der Waals surface area (Å²) in [6.45, 7) is 5.73. The number of hydrogen-bond acceptors (Lipinski definition) is 7. The largest absolute Gasteiger partial charge is 0.342 e. The molecule has 0 aliphatic carbocycles. The first-order chi connectivity index (χ1) is 13.8. The highest BCUT2D eigenvalue weighted by Crippen LogP contribution is 2.21. The number of thioether (sulfide) groups is 1. The molecule has 29 heavy (non-hydrogen) atoms. The summed E-state index contributed by atoms with van der Waals surface area (Å²) in [5, 5.41) is 15.2. The van der Waals surface area contributed by atoms with E-state index in [4.69, 9.17) is 0 Å². The van der Waals surface area contributed by atoms with E-state index in [-0.39, 0.29) is 23.6 Å². The number of nitrogens with zero attached hydrogens (tertiary/aromatic N) is 4. The number of benzene rings is 1. The Hall–Kier alpha value is -2.72. The molecule has 0 aliphatic heterocycles.